The van der Waals surface area contributed by atoms with Crippen molar-refractivity contribution in [1.82, 2.24) is 19.7 Å². The minimum atomic E-state index is 0.0752. The topological polar surface area (TPSA) is 73.4 Å². The molecule has 1 aromatic carbocycles. The molecule has 0 aliphatic carbocycles. The number of furan rings is 1. The molecule has 2 aromatic heterocycles. The minimum absolute atomic E-state index is 0.0752. The SMILES string of the molecule is CC1CN(C(=O)CSc2nnc(-c3ccco3)n2-c2ccccc2)CCO1. The number of hydrogen-bond donors (Lipinski definition) is 0. The third kappa shape index (κ3) is 3.91. The molecule has 0 spiro atoms. The van der Waals surface area contributed by atoms with E-state index in [2.05, 4.69) is 10.2 Å². The van der Waals surface area contributed by atoms with E-state index in [9.17, 15) is 4.79 Å². The first kappa shape index (κ1) is 17.8. The predicted octanol–water partition coefficient (Wildman–Crippen LogP) is 2.87. The molecule has 7 nitrogen and oxygen atoms in total. The Morgan fingerprint density at radius 2 is 2.07 bits per heavy atom. The second kappa shape index (κ2) is 7.98. The van der Waals surface area contributed by atoms with Gasteiger partial charge >= 0.3 is 0 Å². The van der Waals surface area contributed by atoms with Gasteiger partial charge in [-0.05, 0) is 31.2 Å². The molecule has 1 unspecified atom stereocenters. The van der Waals surface area contributed by atoms with Gasteiger partial charge in [-0.2, -0.15) is 0 Å². The minimum Gasteiger partial charge on any atom is -0.461 e. The lowest BCUT2D eigenvalue weighted by Crippen LogP contribution is -2.45. The average molecular weight is 384 g/mol. The van der Waals surface area contributed by atoms with Gasteiger partial charge in [0.25, 0.3) is 0 Å². The van der Waals surface area contributed by atoms with E-state index in [0.29, 0.717) is 42.2 Å². The van der Waals surface area contributed by atoms with Gasteiger partial charge in [0.1, 0.15) is 0 Å². The zero-order valence-electron chi connectivity index (χ0n) is 14.9. The Balaban J connectivity index is 1.57. The van der Waals surface area contributed by atoms with E-state index >= 15 is 0 Å². The van der Waals surface area contributed by atoms with Gasteiger partial charge in [0.05, 0.1) is 24.7 Å². The van der Waals surface area contributed by atoms with Gasteiger partial charge in [-0.15, -0.1) is 10.2 Å². The molecule has 1 atom stereocenters. The van der Waals surface area contributed by atoms with Crippen LogP contribution >= 0.6 is 11.8 Å². The number of hydrogen-bond acceptors (Lipinski definition) is 6. The van der Waals surface area contributed by atoms with Crippen molar-refractivity contribution in [2.45, 2.75) is 18.2 Å². The highest BCUT2D eigenvalue weighted by atomic mass is 32.2. The maximum Gasteiger partial charge on any atom is 0.233 e. The monoisotopic (exact) mass is 384 g/mol. The number of morpholine rings is 1. The maximum atomic E-state index is 12.6. The first-order chi connectivity index (χ1) is 13.2. The third-order valence-electron chi connectivity index (χ3n) is 4.31. The van der Waals surface area contributed by atoms with Gasteiger partial charge in [-0.3, -0.25) is 9.36 Å². The Morgan fingerprint density at radius 3 is 2.81 bits per heavy atom. The summed E-state index contributed by atoms with van der Waals surface area (Å²) >= 11 is 1.38. The van der Waals surface area contributed by atoms with Crippen molar-refractivity contribution in [3.63, 3.8) is 0 Å². The molecule has 0 bridgehead atoms. The molecular weight excluding hydrogens is 364 g/mol. The summed E-state index contributed by atoms with van der Waals surface area (Å²) in [6, 6.07) is 13.5. The molecule has 0 radical (unpaired) electrons. The quantitative estimate of drug-likeness (QED) is 0.630. The number of para-hydroxylation sites is 1. The van der Waals surface area contributed by atoms with Crippen LogP contribution < -0.4 is 0 Å². The Kier molecular flexibility index (Phi) is 5.26. The van der Waals surface area contributed by atoms with Gasteiger partial charge in [0.15, 0.2) is 10.9 Å². The fourth-order valence-electron chi connectivity index (χ4n) is 3.00. The summed E-state index contributed by atoms with van der Waals surface area (Å²) in [5.74, 6) is 1.63. The molecule has 4 rings (SSSR count). The fourth-order valence-corrected chi connectivity index (χ4v) is 3.86. The molecule has 1 saturated heterocycles. The molecular formula is C19H20N4O3S. The Bertz CT molecular complexity index is 895. The summed E-state index contributed by atoms with van der Waals surface area (Å²) in [5, 5.41) is 9.25. The number of amides is 1. The van der Waals surface area contributed by atoms with Crippen molar-refractivity contribution in [2.75, 3.05) is 25.4 Å². The Labute approximate surface area is 161 Å². The molecule has 3 heterocycles. The summed E-state index contributed by atoms with van der Waals surface area (Å²) < 4.78 is 12.9. The average Bonchev–Trinajstić information content (AvgIpc) is 3.36. The summed E-state index contributed by atoms with van der Waals surface area (Å²) in [7, 11) is 0. The van der Waals surface area contributed by atoms with E-state index in [0.717, 1.165) is 5.69 Å². The van der Waals surface area contributed by atoms with Crippen molar-refractivity contribution in [2.24, 2.45) is 0 Å². The van der Waals surface area contributed by atoms with Crippen LogP contribution in [0.5, 0.6) is 0 Å². The molecule has 1 fully saturated rings. The normalized spacial score (nSPS) is 17.2. The van der Waals surface area contributed by atoms with E-state index < -0.39 is 0 Å². The molecule has 1 aliphatic heterocycles. The van der Waals surface area contributed by atoms with Crippen LogP contribution in [0.25, 0.3) is 17.3 Å². The summed E-state index contributed by atoms with van der Waals surface area (Å²) in [6.07, 6.45) is 1.68. The van der Waals surface area contributed by atoms with Gasteiger partial charge in [-0.25, -0.2) is 0 Å². The standard InChI is InChI=1S/C19H20N4O3S/c1-14-12-22(9-11-25-14)17(24)13-27-19-21-20-18(16-8-5-10-26-16)23(19)15-6-3-2-4-7-15/h2-8,10,14H,9,11-13H2,1H3. The second-order valence-corrected chi connectivity index (χ2v) is 7.21. The molecule has 1 aliphatic rings. The highest BCUT2D eigenvalue weighted by molar-refractivity contribution is 7.99. The van der Waals surface area contributed by atoms with Crippen LogP contribution in [0.4, 0.5) is 0 Å². The first-order valence-electron chi connectivity index (χ1n) is 8.79. The van der Waals surface area contributed by atoms with Crippen molar-refractivity contribution >= 4 is 17.7 Å². The van der Waals surface area contributed by atoms with Crippen molar-refractivity contribution in [3.05, 3.63) is 48.7 Å². The van der Waals surface area contributed by atoms with E-state index in [1.54, 1.807) is 6.26 Å². The van der Waals surface area contributed by atoms with Crippen LogP contribution in [0.1, 0.15) is 6.92 Å². The molecule has 27 heavy (non-hydrogen) atoms. The van der Waals surface area contributed by atoms with Crippen molar-refractivity contribution in [1.29, 1.82) is 0 Å². The third-order valence-corrected chi connectivity index (χ3v) is 5.22. The molecule has 3 aromatic rings. The number of carbonyl (C=O) groups is 1. The highest BCUT2D eigenvalue weighted by Crippen LogP contribution is 2.28. The fraction of sp³-hybridized carbons (Fsp3) is 0.316. The Hall–Kier alpha value is -2.58. The molecule has 0 N–H and O–H groups in total. The highest BCUT2D eigenvalue weighted by Gasteiger charge is 2.23. The lowest BCUT2D eigenvalue weighted by Gasteiger charge is -2.31. The number of ether oxygens (including phenoxy) is 1. The lowest BCUT2D eigenvalue weighted by molar-refractivity contribution is -0.135. The van der Waals surface area contributed by atoms with E-state index in [4.69, 9.17) is 9.15 Å². The zero-order chi connectivity index (χ0) is 18.6. The number of benzene rings is 1. The van der Waals surface area contributed by atoms with Crippen LogP contribution in [0, 0.1) is 0 Å². The van der Waals surface area contributed by atoms with E-state index in [1.807, 2.05) is 58.9 Å². The smallest absolute Gasteiger partial charge is 0.233 e. The second-order valence-electron chi connectivity index (χ2n) is 6.26. The number of rotatable bonds is 5. The molecule has 140 valence electrons. The first-order valence-corrected chi connectivity index (χ1v) is 9.78. The van der Waals surface area contributed by atoms with Gasteiger partial charge in [0.2, 0.25) is 11.7 Å². The van der Waals surface area contributed by atoms with Gasteiger partial charge in [0, 0.05) is 18.8 Å². The Morgan fingerprint density at radius 1 is 1.22 bits per heavy atom. The summed E-state index contributed by atoms with van der Waals surface area (Å²) in [5.41, 5.74) is 0.920. The van der Waals surface area contributed by atoms with Gasteiger partial charge in [-0.1, -0.05) is 30.0 Å². The predicted molar refractivity (Wildman–Crippen MR) is 102 cm³/mol. The summed E-state index contributed by atoms with van der Waals surface area (Å²) in [4.78, 5) is 14.4. The van der Waals surface area contributed by atoms with Crippen LogP contribution in [-0.2, 0) is 9.53 Å². The number of nitrogens with zero attached hydrogens (tertiary/aromatic N) is 4. The number of aromatic nitrogens is 3. The molecule has 1 amide bonds. The molecule has 8 heteroatoms. The van der Waals surface area contributed by atoms with Crippen LogP contribution in [0.2, 0.25) is 0 Å². The van der Waals surface area contributed by atoms with E-state index in [1.165, 1.54) is 11.8 Å². The van der Waals surface area contributed by atoms with Crippen molar-refractivity contribution < 1.29 is 13.9 Å². The van der Waals surface area contributed by atoms with Crippen LogP contribution in [0.3, 0.4) is 0 Å². The molecule has 0 saturated carbocycles. The number of carbonyl (C=O) groups excluding carboxylic acids is 1. The maximum absolute atomic E-state index is 12.6. The lowest BCUT2D eigenvalue weighted by atomic mass is 10.3. The summed E-state index contributed by atoms with van der Waals surface area (Å²) in [6.45, 7) is 3.82. The van der Waals surface area contributed by atoms with Gasteiger partial charge < -0.3 is 14.1 Å². The zero-order valence-corrected chi connectivity index (χ0v) is 15.8. The van der Waals surface area contributed by atoms with Crippen LogP contribution in [0.15, 0.2) is 58.3 Å². The number of thioether (sulfide) groups is 1. The van der Waals surface area contributed by atoms with Crippen LogP contribution in [-0.4, -0.2) is 57.1 Å². The largest absolute Gasteiger partial charge is 0.461 e. The van der Waals surface area contributed by atoms with Crippen molar-refractivity contribution in [3.8, 4) is 17.3 Å². The van der Waals surface area contributed by atoms with E-state index in [-0.39, 0.29) is 12.0 Å².